The van der Waals surface area contributed by atoms with E-state index in [4.69, 9.17) is 4.74 Å². The van der Waals surface area contributed by atoms with E-state index in [2.05, 4.69) is 39.2 Å². The molecule has 2 aromatic carbocycles. The average Bonchev–Trinajstić information content (AvgIpc) is 2.87. The number of aliphatic hydroxyl groups is 1. The minimum Gasteiger partial charge on any atom is -0.503 e. The smallest absolute Gasteiger partial charge is 0.204 e. The Balaban J connectivity index is 1.40. The number of nitrogens with zero attached hydrogens (tertiary/aromatic N) is 2. The normalized spacial score (nSPS) is 17.8. The summed E-state index contributed by atoms with van der Waals surface area (Å²) in [5.41, 5.74) is 4.48. The molecule has 2 aliphatic rings. The number of aliphatic hydroxyl groups excluding tert-OH is 1. The Morgan fingerprint density at radius 2 is 1.76 bits per heavy atom. The van der Waals surface area contributed by atoms with E-state index in [-0.39, 0.29) is 30.4 Å². The molecule has 7 heteroatoms. The molecule has 2 atom stereocenters. The van der Waals surface area contributed by atoms with Crippen molar-refractivity contribution in [3.05, 3.63) is 82.2 Å². The summed E-state index contributed by atoms with van der Waals surface area (Å²) >= 11 is 0. The zero-order chi connectivity index (χ0) is 26.2. The van der Waals surface area contributed by atoms with E-state index >= 15 is 0 Å². The molecule has 2 N–H and O–H groups in total. The first kappa shape index (κ1) is 26.7. The number of likely N-dealkylation sites (tertiary alicyclic amines) is 1. The van der Waals surface area contributed by atoms with E-state index in [1.165, 1.54) is 18.7 Å². The van der Waals surface area contributed by atoms with Crippen LogP contribution >= 0.6 is 0 Å². The van der Waals surface area contributed by atoms with Crippen molar-refractivity contribution >= 4 is 12.0 Å². The Labute approximate surface area is 218 Å². The van der Waals surface area contributed by atoms with E-state index in [1.807, 2.05) is 36.4 Å². The fourth-order valence-corrected chi connectivity index (χ4v) is 4.44. The third-order valence-corrected chi connectivity index (χ3v) is 6.67. The number of ether oxygens (including phenoxy) is 1. The number of benzene rings is 2. The molecule has 4 rings (SSSR count). The number of aliphatic imine (C=N–C) groups is 1. The third-order valence-electron chi connectivity index (χ3n) is 6.67. The minimum absolute atomic E-state index is 0.0842. The zero-order valence-corrected chi connectivity index (χ0v) is 21.4. The van der Waals surface area contributed by atoms with Crippen LogP contribution in [0.4, 0.5) is 4.39 Å². The Kier molecular flexibility index (Phi) is 9.24. The van der Waals surface area contributed by atoms with Crippen molar-refractivity contribution < 1.29 is 19.0 Å². The molecule has 2 aliphatic heterocycles. The first-order valence-electron chi connectivity index (χ1n) is 12.7. The molecule has 0 aromatic heterocycles. The molecule has 2 heterocycles. The van der Waals surface area contributed by atoms with Gasteiger partial charge in [0.1, 0.15) is 6.17 Å². The van der Waals surface area contributed by atoms with Crippen LogP contribution in [0, 0.1) is 11.8 Å². The van der Waals surface area contributed by atoms with Gasteiger partial charge < -0.3 is 15.2 Å². The van der Waals surface area contributed by atoms with Gasteiger partial charge in [-0.3, -0.25) is 14.7 Å². The number of carbonyl (C=O) groups excluding carboxylic acids is 1. The second-order valence-electron chi connectivity index (χ2n) is 9.70. The Hall–Kier alpha value is -3.31. The summed E-state index contributed by atoms with van der Waals surface area (Å²) in [4.78, 5) is 18.5. The van der Waals surface area contributed by atoms with Crippen LogP contribution in [0.15, 0.2) is 65.0 Å². The van der Waals surface area contributed by atoms with Gasteiger partial charge >= 0.3 is 0 Å². The van der Waals surface area contributed by atoms with Crippen molar-refractivity contribution in [3.63, 3.8) is 0 Å². The van der Waals surface area contributed by atoms with Gasteiger partial charge in [-0.05, 0) is 42.3 Å². The van der Waals surface area contributed by atoms with Crippen molar-refractivity contribution in [2.45, 2.75) is 44.5 Å². The van der Waals surface area contributed by atoms with Crippen LogP contribution in [0.25, 0.3) is 0 Å². The number of nitrogens with one attached hydrogen (secondary N) is 1. The van der Waals surface area contributed by atoms with Crippen molar-refractivity contribution in [2.24, 2.45) is 4.99 Å². The van der Waals surface area contributed by atoms with Gasteiger partial charge in [0, 0.05) is 75.9 Å². The van der Waals surface area contributed by atoms with Gasteiger partial charge in [-0.25, -0.2) is 4.39 Å². The molecular formula is C30H34FN3O3. The number of rotatable bonds is 10. The van der Waals surface area contributed by atoms with E-state index in [0.29, 0.717) is 24.8 Å². The maximum absolute atomic E-state index is 13.3. The molecule has 0 radical (unpaired) electrons. The van der Waals surface area contributed by atoms with E-state index in [0.717, 1.165) is 36.3 Å². The summed E-state index contributed by atoms with van der Waals surface area (Å²) in [5, 5.41) is 13.3. The second kappa shape index (κ2) is 12.8. The molecule has 2 aromatic rings. The standard InChI is InChI=1S/C30H34FN3O3/c1-21(31)16-32-17-26(15-28-30(36)29(35)13-14-33-28)25-11-9-23(10-12-25)4-3-22-5-7-24(8-6-22)18-34-19-27(20-34)37-2/h5-12,14,21,26-27,32,36H,13,15-20H2,1-2H3. The molecular weight excluding hydrogens is 469 g/mol. The molecule has 194 valence electrons. The molecule has 0 saturated carbocycles. The number of hydrogen-bond acceptors (Lipinski definition) is 6. The van der Waals surface area contributed by atoms with Gasteiger partial charge in [-0.2, -0.15) is 0 Å². The highest BCUT2D eigenvalue weighted by molar-refractivity contribution is 6.03. The molecule has 37 heavy (non-hydrogen) atoms. The van der Waals surface area contributed by atoms with E-state index in [9.17, 15) is 14.3 Å². The van der Waals surface area contributed by atoms with Crippen molar-refractivity contribution in [1.29, 1.82) is 0 Å². The fourth-order valence-electron chi connectivity index (χ4n) is 4.44. The van der Waals surface area contributed by atoms with Crippen molar-refractivity contribution in [2.75, 3.05) is 33.3 Å². The van der Waals surface area contributed by atoms with Gasteiger partial charge in [0.2, 0.25) is 5.78 Å². The highest BCUT2D eigenvalue weighted by Gasteiger charge is 2.26. The molecule has 1 fully saturated rings. The number of allylic oxidation sites excluding steroid dienone is 2. The summed E-state index contributed by atoms with van der Waals surface area (Å²) in [5.74, 6) is 5.75. The second-order valence-corrected chi connectivity index (χ2v) is 9.70. The summed E-state index contributed by atoms with van der Waals surface area (Å²) in [6.07, 6.45) is 1.41. The highest BCUT2D eigenvalue weighted by Crippen LogP contribution is 2.27. The topological polar surface area (TPSA) is 74.2 Å². The lowest BCUT2D eigenvalue weighted by atomic mass is 9.92. The van der Waals surface area contributed by atoms with E-state index < -0.39 is 6.17 Å². The Morgan fingerprint density at radius 1 is 1.11 bits per heavy atom. The lowest BCUT2D eigenvalue weighted by Crippen LogP contribution is -2.50. The van der Waals surface area contributed by atoms with Gasteiger partial charge in [0.15, 0.2) is 5.76 Å². The first-order chi connectivity index (χ1) is 17.9. The molecule has 6 nitrogen and oxygen atoms in total. The summed E-state index contributed by atoms with van der Waals surface area (Å²) in [6, 6.07) is 16.2. The summed E-state index contributed by atoms with van der Waals surface area (Å²) < 4.78 is 18.7. The molecule has 0 amide bonds. The van der Waals surface area contributed by atoms with Gasteiger partial charge in [0.25, 0.3) is 0 Å². The number of Topliss-reactive ketones (excluding diaryl/α,β-unsaturated/α-hetero) is 1. The fraction of sp³-hybridized carbons (Fsp3) is 0.400. The predicted octanol–water partition coefficient (Wildman–Crippen LogP) is 4.15. The quantitative estimate of drug-likeness (QED) is 0.477. The molecule has 1 saturated heterocycles. The van der Waals surface area contributed by atoms with Crippen LogP contribution in [-0.4, -0.2) is 67.6 Å². The Bertz CT molecular complexity index is 1190. The Morgan fingerprint density at radius 3 is 2.38 bits per heavy atom. The minimum atomic E-state index is -0.965. The number of alkyl halides is 1. The van der Waals surface area contributed by atoms with Crippen LogP contribution < -0.4 is 5.32 Å². The molecule has 0 spiro atoms. The third kappa shape index (κ3) is 7.59. The predicted molar refractivity (Wildman–Crippen MR) is 144 cm³/mol. The van der Waals surface area contributed by atoms with Crippen LogP contribution in [0.2, 0.25) is 0 Å². The van der Waals surface area contributed by atoms with Crippen molar-refractivity contribution in [1.82, 2.24) is 10.2 Å². The number of halogens is 1. The van der Waals surface area contributed by atoms with Crippen LogP contribution in [0.1, 0.15) is 47.9 Å². The zero-order valence-electron chi connectivity index (χ0n) is 21.4. The van der Waals surface area contributed by atoms with Crippen LogP contribution in [-0.2, 0) is 16.1 Å². The maximum Gasteiger partial charge on any atom is 0.204 e. The molecule has 0 aliphatic carbocycles. The largest absolute Gasteiger partial charge is 0.503 e. The average molecular weight is 504 g/mol. The number of methoxy groups -OCH3 is 1. The van der Waals surface area contributed by atoms with Crippen LogP contribution in [0.5, 0.6) is 0 Å². The van der Waals surface area contributed by atoms with Gasteiger partial charge in [-0.15, -0.1) is 0 Å². The van der Waals surface area contributed by atoms with Gasteiger partial charge in [0.05, 0.1) is 11.8 Å². The maximum atomic E-state index is 13.3. The lowest BCUT2D eigenvalue weighted by molar-refractivity contribution is -0.117. The lowest BCUT2D eigenvalue weighted by Gasteiger charge is -2.38. The monoisotopic (exact) mass is 503 g/mol. The highest BCUT2D eigenvalue weighted by atomic mass is 19.1. The van der Waals surface area contributed by atoms with Gasteiger partial charge in [-0.1, -0.05) is 36.1 Å². The van der Waals surface area contributed by atoms with Crippen LogP contribution in [0.3, 0.4) is 0 Å². The number of carbonyl (C=O) groups is 1. The number of hydrogen-bond donors (Lipinski definition) is 2. The molecule has 0 bridgehead atoms. The number of ketones is 1. The molecule has 2 unspecified atom stereocenters. The summed E-state index contributed by atoms with van der Waals surface area (Å²) in [7, 11) is 1.76. The first-order valence-corrected chi connectivity index (χ1v) is 12.7. The summed E-state index contributed by atoms with van der Waals surface area (Å²) in [6.45, 7) is 5.11. The van der Waals surface area contributed by atoms with E-state index in [1.54, 1.807) is 7.11 Å². The SMILES string of the molecule is COC1CN(Cc2ccc(C#Cc3ccc(C(CNCC(C)F)CC4=C(O)C(=O)CC=N4)cc3)cc2)C1. The van der Waals surface area contributed by atoms with Crippen molar-refractivity contribution in [3.8, 4) is 11.8 Å².